The number of nitrogen functional groups attached to an aromatic ring is 1. The van der Waals surface area contributed by atoms with Crippen LogP contribution in [0.2, 0.25) is 0 Å². The van der Waals surface area contributed by atoms with Gasteiger partial charge >= 0.3 is 0 Å². The fourth-order valence-electron chi connectivity index (χ4n) is 1.86. The molecule has 0 aliphatic heterocycles. The van der Waals surface area contributed by atoms with E-state index in [4.69, 9.17) is 5.73 Å². The number of hydrogen-bond acceptors (Lipinski definition) is 3. The summed E-state index contributed by atoms with van der Waals surface area (Å²) in [6, 6.07) is 12.2. The molecule has 0 radical (unpaired) electrons. The van der Waals surface area contributed by atoms with E-state index in [0.29, 0.717) is 9.65 Å². The van der Waals surface area contributed by atoms with E-state index in [1.54, 1.807) is 0 Å². The fraction of sp³-hybridized carbons (Fsp3) is 0. The van der Waals surface area contributed by atoms with Crippen molar-refractivity contribution < 1.29 is 0 Å². The average Bonchev–Trinajstić information content (AvgIpc) is 2.28. The number of rotatable bonds is 0. The van der Waals surface area contributed by atoms with E-state index >= 15 is 0 Å². The third-order valence-corrected chi connectivity index (χ3v) is 3.08. The number of aromatic nitrogens is 2. The molecular weight excluding hydrogens is 313 g/mol. The molecule has 0 bridgehead atoms. The Hall–Kier alpha value is -1.43. The Morgan fingerprint density at radius 1 is 0.938 bits per heavy atom. The molecule has 1 heterocycles. The van der Waals surface area contributed by atoms with Crippen LogP contribution in [-0.4, -0.2) is 9.97 Å². The Kier molecular flexibility index (Phi) is 2.17. The number of halogens is 1. The second kappa shape index (κ2) is 3.55. The highest BCUT2D eigenvalue weighted by molar-refractivity contribution is 14.1. The van der Waals surface area contributed by atoms with E-state index in [2.05, 4.69) is 44.7 Å². The second-order valence-electron chi connectivity index (χ2n) is 3.56. The molecule has 16 heavy (non-hydrogen) atoms. The van der Waals surface area contributed by atoms with Crippen molar-refractivity contribution in [2.24, 2.45) is 0 Å². The van der Waals surface area contributed by atoms with E-state index < -0.39 is 0 Å². The van der Waals surface area contributed by atoms with Crippen LogP contribution in [0.4, 0.5) is 5.82 Å². The SMILES string of the molecule is Nc1nc(I)nc2c1ccc1ccccc12. The number of hydrogen-bond donors (Lipinski definition) is 1. The minimum atomic E-state index is 0.542. The van der Waals surface area contributed by atoms with Crippen LogP contribution in [0.1, 0.15) is 0 Å². The Balaban J connectivity index is 2.59. The molecule has 0 spiro atoms. The zero-order valence-electron chi connectivity index (χ0n) is 8.31. The summed E-state index contributed by atoms with van der Waals surface area (Å²) in [7, 11) is 0. The van der Waals surface area contributed by atoms with Gasteiger partial charge in [0.05, 0.1) is 5.52 Å². The standard InChI is InChI=1S/C12H8IN3/c13-12-15-10-8-4-2-1-3-7(8)5-6-9(10)11(14)16-12/h1-6H,(H2,14,15,16). The smallest absolute Gasteiger partial charge is 0.193 e. The summed E-state index contributed by atoms with van der Waals surface area (Å²) in [4.78, 5) is 8.62. The molecule has 0 unspecified atom stereocenters. The molecule has 0 saturated heterocycles. The van der Waals surface area contributed by atoms with Gasteiger partial charge in [0.25, 0.3) is 0 Å². The average molecular weight is 321 g/mol. The van der Waals surface area contributed by atoms with Crippen molar-refractivity contribution in [2.75, 3.05) is 5.73 Å². The molecule has 3 rings (SSSR count). The maximum Gasteiger partial charge on any atom is 0.193 e. The van der Waals surface area contributed by atoms with E-state index in [1.807, 2.05) is 24.3 Å². The molecule has 0 aliphatic carbocycles. The van der Waals surface area contributed by atoms with Gasteiger partial charge in [-0.3, -0.25) is 0 Å². The van der Waals surface area contributed by atoms with Gasteiger partial charge in [0.15, 0.2) is 3.83 Å². The van der Waals surface area contributed by atoms with Gasteiger partial charge in [-0.15, -0.1) is 0 Å². The molecule has 3 aromatic rings. The summed E-state index contributed by atoms with van der Waals surface area (Å²) in [5.74, 6) is 0.542. The quantitative estimate of drug-likeness (QED) is 0.393. The summed E-state index contributed by atoms with van der Waals surface area (Å²) in [6.45, 7) is 0. The lowest BCUT2D eigenvalue weighted by atomic mass is 10.1. The predicted octanol–water partition coefficient (Wildman–Crippen LogP) is 2.97. The summed E-state index contributed by atoms with van der Waals surface area (Å²) in [5, 5.41) is 3.20. The molecule has 0 fully saturated rings. The molecular formula is C12H8IN3. The first-order valence-electron chi connectivity index (χ1n) is 4.86. The van der Waals surface area contributed by atoms with E-state index in [9.17, 15) is 0 Å². The van der Waals surface area contributed by atoms with Gasteiger partial charge in [0, 0.05) is 33.4 Å². The first kappa shape index (κ1) is 9.77. The topological polar surface area (TPSA) is 51.8 Å². The van der Waals surface area contributed by atoms with Crippen LogP contribution in [0, 0.1) is 3.83 Å². The van der Waals surface area contributed by atoms with Crippen LogP contribution in [-0.2, 0) is 0 Å². The normalized spacial score (nSPS) is 11.1. The van der Waals surface area contributed by atoms with Crippen molar-refractivity contribution in [3.8, 4) is 0 Å². The van der Waals surface area contributed by atoms with Crippen molar-refractivity contribution >= 4 is 50.1 Å². The number of nitrogens with zero attached hydrogens (tertiary/aromatic N) is 2. The van der Waals surface area contributed by atoms with Gasteiger partial charge < -0.3 is 5.73 Å². The Bertz CT molecular complexity index is 694. The fourth-order valence-corrected chi connectivity index (χ4v) is 2.36. The monoisotopic (exact) mass is 321 g/mol. The van der Waals surface area contributed by atoms with Crippen molar-refractivity contribution in [1.29, 1.82) is 0 Å². The highest BCUT2D eigenvalue weighted by atomic mass is 127. The van der Waals surface area contributed by atoms with Gasteiger partial charge in [-0.1, -0.05) is 30.3 Å². The largest absolute Gasteiger partial charge is 0.383 e. The van der Waals surface area contributed by atoms with Crippen LogP contribution in [0.15, 0.2) is 36.4 Å². The first-order chi connectivity index (χ1) is 7.75. The third-order valence-electron chi connectivity index (χ3n) is 2.59. The lowest BCUT2D eigenvalue weighted by molar-refractivity contribution is 1.17. The molecule has 1 aromatic heterocycles. The van der Waals surface area contributed by atoms with Gasteiger partial charge in [-0.2, -0.15) is 0 Å². The molecule has 2 aromatic carbocycles. The molecule has 2 N–H and O–H groups in total. The Labute approximate surface area is 106 Å². The molecule has 4 heteroatoms. The first-order valence-corrected chi connectivity index (χ1v) is 5.94. The number of anilines is 1. The van der Waals surface area contributed by atoms with E-state index in [-0.39, 0.29) is 0 Å². The summed E-state index contributed by atoms with van der Waals surface area (Å²) < 4.78 is 0.680. The van der Waals surface area contributed by atoms with E-state index in [1.165, 1.54) is 5.39 Å². The third kappa shape index (κ3) is 1.41. The highest BCUT2D eigenvalue weighted by Gasteiger charge is 2.06. The van der Waals surface area contributed by atoms with Crippen LogP contribution in [0.5, 0.6) is 0 Å². The summed E-state index contributed by atoms with van der Waals surface area (Å²) >= 11 is 2.08. The zero-order valence-corrected chi connectivity index (χ0v) is 10.5. The number of nitrogens with two attached hydrogens (primary N) is 1. The molecule has 0 saturated carbocycles. The second-order valence-corrected chi connectivity index (χ2v) is 4.53. The molecule has 0 aliphatic rings. The van der Waals surface area contributed by atoms with Gasteiger partial charge in [0.2, 0.25) is 0 Å². The van der Waals surface area contributed by atoms with Crippen molar-refractivity contribution in [3.63, 3.8) is 0 Å². The lowest BCUT2D eigenvalue weighted by Crippen LogP contribution is -1.97. The van der Waals surface area contributed by atoms with Gasteiger partial charge in [-0.05, 0) is 11.5 Å². The highest BCUT2D eigenvalue weighted by Crippen LogP contribution is 2.26. The van der Waals surface area contributed by atoms with Gasteiger partial charge in [-0.25, -0.2) is 9.97 Å². The maximum absolute atomic E-state index is 5.89. The molecule has 78 valence electrons. The van der Waals surface area contributed by atoms with Crippen LogP contribution < -0.4 is 5.73 Å². The number of fused-ring (bicyclic) bond motifs is 3. The number of benzene rings is 2. The predicted molar refractivity (Wildman–Crippen MR) is 74.2 cm³/mol. The maximum atomic E-state index is 5.89. The van der Waals surface area contributed by atoms with Crippen molar-refractivity contribution in [2.45, 2.75) is 0 Å². The Morgan fingerprint density at radius 2 is 1.75 bits per heavy atom. The summed E-state index contributed by atoms with van der Waals surface area (Å²) in [5.41, 5.74) is 6.82. The van der Waals surface area contributed by atoms with Gasteiger partial charge in [0.1, 0.15) is 5.82 Å². The molecule has 0 atom stereocenters. The minimum Gasteiger partial charge on any atom is -0.383 e. The van der Waals surface area contributed by atoms with Crippen LogP contribution >= 0.6 is 22.6 Å². The molecule has 0 amide bonds. The van der Waals surface area contributed by atoms with Crippen LogP contribution in [0.25, 0.3) is 21.7 Å². The van der Waals surface area contributed by atoms with Crippen molar-refractivity contribution in [3.05, 3.63) is 40.2 Å². The zero-order chi connectivity index (χ0) is 11.1. The summed E-state index contributed by atoms with van der Waals surface area (Å²) in [6.07, 6.45) is 0. The molecule has 3 nitrogen and oxygen atoms in total. The van der Waals surface area contributed by atoms with E-state index in [0.717, 1.165) is 16.3 Å². The lowest BCUT2D eigenvalue weighted by Gasteiger charge is -2.05. The van der Waals surface area contributed by atoms with Crippen molar-refractivity contribution in [1.82, 2.24) is 9.97 Å². The van der Waals surface area contributed by atoms with Crippen LogP contribution in [0.3, 0.4) is 0 Å². The minimum absolute atomic E-state index is 0.542. The Morgan fingerprint density at radius 3 is 2.62 bits per heavy atom.